The highest BCUT2D eigenvalue weighted by Crippen LogP contribution is 2.34. The van der Waals surface area contributed by atoms with Crippen molar-refractivity contribution in [2.75, 3.05) is 0 Å². The molecule has 1 nitrogen and oxygen atoms in total. The van der Waals surface area contributed by atoms with Gasteiger partial charge in [-0.2, -0.15) is 0 Å². The maximum absolute atomic E-state index is 3.88. The average Bonchev–Trinajstić information content (AvgIpc) is 2.80. The van der Waals surface area contributed by atoms with E-state index in [4.69, 9.17) is 0 Å². The van der Waals surface area contributed by atoms with Crippen molar-refractivity contribution in [2.24, 2.45) is 5.92 Å². The Morgan fingerprint density at radius 1 is 0.759 bits per heavy atom. The number of benzene rings is 3. The van der Waals surface area contributed by atoms with Crippen LogP contribution in [-0.2, 0) is 6.54 Å². The van der Waals surface area contributed by atoms with Crippen molar-refractivity contribution < 1.29 is 0 Å². The molecule has 3 aromatic rings. The second kappa shape index (κ2) is 10.2. The molecule has 1 fully saturated rings. The Morgan fingerprint density at radius 2 is 1.31 bits per heavy atom. The Bertz CT molecular complexity index is 832. The van der Waals surface area contributed by atoms with Gasteiger partial charge in [0.25, 0.3) is 0 Å². The molecule has 0 heterocycles. The zero-order valence-corrected chi connectivity index (χ0v) is 18.3. The molecular formula is C27H32NP. The maximum atomic E-state index is 3.88. The van der Waals surface area contributed by atoms with Crippen LogP contribution in [-0.4, -0.2) is 6.04 Å². The van der Waals surface area contributed by atoms with Gasteiger partial charge in [-0.15, -0.1) is 0 Å². The van der Waals surface area contributed by atoms with E-state index in [1.807, 2.05) is 0 Å². The summed E-state index contributed by atoms with van der Waals surface area (Å²) in [5.74, 6) is 0.834. The van der Waals surface area contributed by atoms with E-state index < -0.39 is 7.92 Å². The van der Waals surface area contributed by atoms with Gasteiger partial charge in [0, 0.05) is 12.6 Å². The normalized spacial score (nSPS) is 16.1. The van der Waals surface area contributed by atoms with Crippen LogP contribution in [0, 0.1) is 5.92 Å². The van der Waals surface area contributed by atoms with Crippen molar-refractivity contribution in [3.63, 3.8) is 0 Å². The molecule has 29 heavy (non-hydrogen) atoms. The third kappa shape index (κ3) is 5.16. The molecule has 150 valence electrons. The fourth-order valence-corrected chi connectivity index (χ4v) is 7.00. The fourth-order valence-electron chi connectivity index (χ4n) is 4.53. The highest BCUT2D eigenvalue weighted by Gasteiger charge is 2.22. The van der Waals surface area contributed by atoms with Crippen LogP contribution in [0.5, 0.6) is 0 Å². The van der Waals surface area contributed by atoms with E-state index in [2.05, 4.69) is 97.2 Å². The first-order chi connectivity index (χ1) is 14.3. The Labute approximate surface area is 177 Å². The van der Waals surface area contributed by atoms with Crippen molar-refractivity contribution in [3.8, 4) is 0 Å². The van der Waals surface area contributed by atoms with Gasteiger partial charge in [0.1, 0.15) is 0 Å². The van der Waals surface area contributed by atoms with Gasteiger partial charge in [0.15, 0.2) is 0 Å². The molecule has 4 rings (SSSR count). The molecule has 0 saturated heterocycles. The van der Waals surface area contributed by atoms with Crippen molar-refractivity contribution in [2.45, 2.75) is 51.6 Å². The predicted molar refractivity (Wildman–Crippen MR) is 128 cm³/mol. The Kier molecular flexibility index (Phi) is 7.14. The van der Waals surface area contributed by atoms with Gasteiger partial charge in [-0.3, -0.25) is 0 Å². The van der Waals surface area contributed by atoms with Gasteiger partial charge in [0.05, 0.1) is 0 Å². The van der Waals surface area contributed by atoms with Gasteiger partial charge < -0.3 is 5.32 Å². The lowest BCUT2D eigenvalue weighted by molar-refractivity contribution is 0.281. The zero-order valence-electron chi connectivity index (χ0n) is 17.4. The van der Waals surface area contributed by atoms with Crippen LogP contribution in [0.25, 0.3) is 0 Å². The summed E-state index contributed by atoms with van der Waals surface area (Å²) in [6.45, 7) is 3.34. The van der Waals surface area contributed by atoms with E-state index in [1.165, 1.54) is 53.6 Å². The number of nitrogens with one attached hydrogen (secondary N) is 1. The molecule has 0 spiro atoms. The zero-order chi connectivity index (χ0) is 19.9. The number of rotatable bonds is 7. The smallest absolute Gasteiger partial charge is 0.0214 e. The lowest BCUT2D eigenvalue weighted by Crippen LogP contribution is -2.35. The molecule has 1 unspecified atom stereocenters. The van der Waals surface area contributed by atoms with Gasteiger partial charge in [-0.25, -0.2) is 0 Å². The van der Waals surface area contributed by atoms with Crippen molar-refractivity contribution >= 4 is 23.8 Å². The molecule has 0 amide bonds. The van der Waals surface area contributed by atoms with E-state index in [-0.39, 0.29) is 0 Å². The third-order valence-electron chi connectivity index (χ3n) is 6.23. The summed E-state index contributed by atoms with van der Waals surface area (Å²) in [5.41, 5.74) is 1.44. The molecule has 1 saturated carbocycles. The maximum Gasteiger partial charge on any atom is 0.0214 e. The summed E-state index contributed by atoms with van der Waals surface area (Å²) in [5, 5.41) is 8.19. The van der Waals surface area contributed by atoms with E-state index in [0.29, 0.717) is 6.04 Å². The molecular weight excluding hydrogens is 369 g/mol. The molecule has 1 atom stereocenters. The Morgan fingerprint density at radius 3 is 1.93 bits per heavy atom. The van der Waals surface area contributed by atoms with E-state index in [0.717, 1.165) is 12.5 Å². The quantitative estimate of drug-likeness (QED) is 0.515. The van der Waals surface area contributed by atoms with Gasteiger partial charge in [0.2, 0.25) is 0 Å². The first-order valence-electron chi connectivity index (χ1n) is 11.0. The van der Waals surface area contributed by atoms with Crippen molar-refractivity contribution in [1.82, 2.24) is 5.32 Å². The van der Waals surface area contributed by atoms with Gasteiger partial charge in [-0.05, 0) is 55.1 Å². The Balaban J connectivity index is 1.61. The molecule has 2 heteroatoms. The highest BCUT2D eigenvalue weighted by molar-refractivity contribution is 7.79. The molecule has 1 aliphatic carbocycles. The minimum atomic E-state index is -0.552. The van der Waals surface area contributed by atoms with Crippen LogP contribution in [0.1, 0.15) is 44.6 Å². The largest absolute Gasteiger partial charge is 0.310 e. The molecule has 0 radical (unpaired) electrons. The Hall–Kier alpha value is -1.95. The summed E-state index contributed by atoms with van der Waals surface area (Å²) in [6, 6.07) is 31.7. The minimum Gasteiger partial charge on any atom is -0.310 e. The van der Waals surface area contributed by atoms with Gasteiger partial charge in [-0.1, -0.05) is 104 Å². The lowest BCUT2D eigenvalue weighted by atomic mass is 9.84. The molecule has 3 aromatic carbocycles. The van der Waals surface area contributed by atoms with E-state index in [9.17, 15) is 0 Å². The van der Waals surface area contributed by atoms with Crippen molar-refractivity contribution in [3.05, 3.63) is 90.5 Å². The summed E-state index contributed by atoms with van der Waals surface area (Å²) in [6.07, 6.45) is 7.00. The van der Waals surface area contributed by atoms with Crippen LogP contribution in [0.3, 0.4) is 0 Å². The SMILES string of the molecule is CC(NCc1ccccc1P(c1ccccc1)c1ccccc1)C1CCCCC1. The monoisotopic (exact) mass is 401 g/mol. The number of hydrogen-bond acceptors (Lipinski definition) is 1. The molecule has 0 aliphatic heterocycles. The minimum absolute atomic E-state index is 0.552. The fraction of sp³-hybridized carbons (Fsp3) is 0.333. The summed E-state index contributed by atoms with van der Waals surface area (Å²) >= 11 is 0. The molecule has 1 N–H and O–H groups in total. The highest BCUT2D eigenvalue weighted by atomic mass is 31.1. The molecule has 0 aromatic heterocycles. The number of hydrogen-bond donors (Lipinski definition) is 1. The van der Waals surface area contributed by atoms with Crippen LogP contribution < -0.4 is 21.2 Å². The standard InChI is InChI=1S/C27H32NP/c1-22(23-13-5-2-6-14-23)28-21-24-15-11-12-20-27(24)29(25-16-7-3-8-17-25)26-18-9-4-10-19-26/h3-4,7-12,15-20,22-23,28H,2,5-6,13-14,21H2,1H3. The van der Waals surface area contributed by atoms with Crippen LogP contribution in [0.4, 0.5) is 0 Å². The second-order valence-corrected chi connectivity index (χ2v) is 10.4. The van der Waals surface area contributed by atoms with Crippen LogP contribution in [0.15, 0.2) is 84.9 Å². The first kappa shape index (κ1) is 20.3. The molecule has 0 bridgehead atoms. The third-order valence-corrected chi connectivity index (χ3v) is 8.78. The summed E-state index contributed by atoms with van der Waals surface area (Å²) < 4.78 is 0. The lowest BCUT2D eigenvalue weighted by Gasteiger charge is -2.29. The summed E-state index contributed by atoms with van der Waals surface area (Å²) in [4.78, 5) is 0. The van der Waals surface area contributed by atoms with E-state index in [1.54, 1.807) is 0 Å². The topological polar surface area (TPSA) is 12.0 Å². The van der Waals surface area contributed by atoms with Crippen molar-refractivity contribution in [1.29, 1.82) is 0 Å². The predicted octanol–water partition coefficient (Wildman–Crippen LogP) is 5.50. The average molecular weight is 402 g/mol. The van der Waals surface area contributed by atoms with E-state index >= 15 is 0 Å². The molecule has 1 aliphatic rings. The van der Waals surface area contributed by atoms with Crippen LogP contribution in [0.2, 0.25) is 0 Å². The second-order valence-electron chi connectivity index (χ2n) is 8.20. The first-order valence-corrected chi connectivity index (χ1v) is 12.4. The van der Waals surface area contributed by atoms with Crippen LogP contribution >= 0.6 is 7.92 Å². The van der Waals surface area contributed by atoms with Gasteiger partial charge >= 0.3 is 0 Å². The summed E-state index contributed by atoms with van der Waals surface area (Å²) in [7, 11) is -0.552.